The van der Waals surface area contributed by atoms with Crippen molar-refractivity contribution < 1.29 is 14.1 Å². The summed E-state index contributed by atoms with van der Waals surface area (Å²) in [4.78, 5) is 16.7. The summed E-state index contributed by atoms with van der Waals surface area (Å²) < 4.78 is 12.1. The van der Waals surface area contributed by atoms with Crippen LogP contribution in [-0.2, 0) is 4.74 Å². The molecule has 1 amide bonds. The number of nitrogens with one attached hydrogen (secondary N) is 1. The molecule has 122 valence electrons. The average Bonchev–Trinajstić information content (AvgIpc) is 3.36. The summed E-state index contributed by atoms with van der Waals surface area (Å²) in [6, 6.07) is 5.65. The minimum atomic E-state index is -0.369. The number of ether oxygens (including phenoxy) is 1. The highest BCUT2D eigenvalue weighted by Crippen LogP contribution is 2.23. The number of carbonyl (C=O) groups excluding carboxylic acids is 1. The molecule has 1 saturated heterocycles. The third-order valence-electron chi connectivity index (χ3n) is 3.86. The molecule has 0 radical (unpaired) electrons. The maximum Gasteiger partial charge on any atom is 0.278 e. The number of aromatic nitrogens is 4. The zero-order valence-corrected chi connectivity index (χ0v) is 12.8. The molecular formula is C16H15N5O3. The molecule has 4 rings (SSSR count). The van der Waals surface area contributed by atoms with Crippen LogP contribution in [0.2, 0.25) is 0 Å². The van der Waals surface area contributed by atoms with Crippen LogP contribution in [0.3, 0.4) is 0 Å². The van der Waals surface area contributed by atoms with E-state index in [1.54, 1.807) is 30.7 Å². The summed E-state index contributed by atoms with van der Waals surface area (Å²) in [6.07, 6.45) is 7.38. The van der Waals surface area contributed by atoms with E-state index in [0.717, 1.165) is 13.0 Å². The van der Waals surface area contributed by atoms with E-state index in [0.29, 0.717) is 23.6 Å². The van der Waals surface area contributed by atoms with Gasteiger partial charge in [0, 0.05) is 19.0 Å². The van der Waals surface area contributed by atoms with Gasteiger partial charge in [0.25, 0.3) is 5.91 Å². The fraction of sp³-hybridized carbons (Fsp3) is 0.250. The topological polar surface area (TPSA) is 95.1 Å². The number of amides is 1. The van der Waals surface area contributed by atoms with Crippen LogP contribution in [0.5, 0.6) is 0 Å². The number of hydrogen-bond acceptors (Lipinski definition) is 6. The molecule has 0 saturated carbocycles. The zero-order valence-electron chi connectivity index (χ0n) is 12.8. The van der Waals surface area contributed by atoms with E-state index < -0.39 is 0 Å². The quantitative estimate of drug-likeness (QED) is 0.789. The molecular weight excluding hydrogens is 310 g/mol. The molecule has 0 bridgehead atoms. The molecule has 0 aliphatic carbocycles. The molecule has 24 heavy (non-hydrogen) atoms. The molecule has 8 nitrogen and oxygen atoms in total. The van der Waals surface area contributed by atoms with Gasteiger partial charge in [0.05, 0.1) is 35.8 Å². The molecule has 1 N–H and O–H groups in total. The molecule has 1 aliphatic heterocycles. The Morgan fingerprint density at radius 2 is 2.33 bits per heavy atom. The van der Waals surface area contributed by atoms with Crippen LogP contribution in [0, 0.1) is 0 Å². The first-order valence-electron chi connectivity index (χ1n) is 7.60. The number of anilines is 1. The average molecular weight is 325 g/mol. The molecule has 8 heteroatoms. The number of rotatable bonds is 4. The SMILES string of the molecule is O=C(Nc1cnn(C2CCOC2)c1)c1nocc1-c1ccccn1. The lowest BCUT2D eigenvalue weighted by atomic mass is 10.1. The number of carbonyl (C=O) groups is 1. The Kier molecular flexibility index (Phi) is 3.80. The maximum atomic E-state index is 12.5. The molecule has 0 spiro atoms. The van der Waals surface area contributed by atoms with Crippen LogP contribution in [0.4, 0.5) is 5.69 Å². The van der Waals surface area contributed by atoms with Crippen molar-refractivity contribution in [2.75, 3.05) is 18.5 Å². The van der Waals surface area contributed by atoms with E-state index >= 15 is 0 Å². The Morgan fingerprint density at radius 3 is 3.12 bits per heavy atom. The largest absolute Gasteiger partial charge is 0.379 e. The Labute approximate surface area is 137 Å². The van der Waals surface area contributed by atoms with Gasteiger partial charge in [-0.2, -0.15) is 5.10 Å². The number of hydrogen-bond donors (Lipinski definition) is 1. The van der Waals surface area contributed by atoms with E-state index in [9.17, 15) is 4.79 Å². The third kappa shape index (κ3) is 2.79. The Morgan fingerprint density at radius 1 is 1.38 bits per heavy atom. The van der Waals surface area contributed by atoms with Gasteiger partial charge in [-0.05, 0) is 18.6 Å². The van der Waals surface area contributed by atoms with Crippen molar-refractivity contribution in [1.29, 1.82) is 0 Å². The monoisotopic (exact) mass is 325 g/mol. The first-order valence-corrected chi connectivity index (χ1v) is 7.60. The normalized spacial score (nSPS) is 17.1. The summed E-state index contributed by atoms with van der Waals surface area (Å²) in [7, 11) is 0. The highest BCUT2D eigenvalue weighted by Gasteiger charge is 2.21. The fourth-order valence-electron chi connectivity index (χ4n) is 2.63. The van der Waals surface area contributed by atoms with Crippen molar-refractivity contribution in [2.45, 2.75) is 12.5 Å². The first kappa shape index (κ1) is 14.6. The van der Waals surface area contributed by atoms with Crippen molar-refractivity contribution in [3.8, 4) is 11.3 Å². The zero-order chi connectivity index (χ0) is 16.4. The summed E-state index contributed by atoms with van der Waals surface area (Å²) in [6.45, 7) is 1.38. The van der Waals surface area contributed by atoms with Gasteiger partial charge in [-0.15, -0.1) is 0 Å². The van der Waals surface area contributed by atoms with E-state index in [1.807, 2.05) is 10.7 Å². The summed E-state index contributed by atoms with van der Waals surface area (Å²) >= 11 is 0. The number of nitrogens with zero attached hydrogens (tertiary/aromatic N) is 4. The van der Waals surface area contributed by atoms with Gasteiger partial charge in [-0.1, -0.05) is 11.2 Å². The van der Waals surface area contributed by atoms with Crippen LogP contribution in [0.25, 0.3) is 11.3 Å². The van der Waals surface area contributed by atoms with Gasteiger partial charge in [-0.25, -0.2) is 0 Å². The molecule has 1 atom stereocenters. The lowest BCUT2D eigenvalue weighted by molar-refractivity contribution is 0.101. The second-order valence-electron chi connectivity index (χ2n) is 5.47. The Hall–Kier alpha value is -3.00. The molecule has 1 aliphatic rings. The van der Waals surface area contributed by atoms with Gasteiger partial charge >= 0.3 is 0 Å². The van der Waals surface area contributed by atoms with E-state index in [-0.39, 0.29) is 17.6 Å². The van der Waals surface area contributed by atoms with E-state index in [4.69, 9.17) is 9.26 Å². The minimum absolute atomic E-state index is 0.186. The van der Waals surface area contributed by atoms with Crippen LogP contribution in [-0.4, -0.2) is 39.0 Å². The minimum Gasteiger partial charge on any atom is -0.379 e. The van der Waals surface area contributed by atoms with Crippen LogP contribution in [0.1, 0.15) is 23.0 Å². The molecule has 4 heterocycles. The van der Waals surface area contributed by atoms with E-state index in [2.05, 4.69) is 20.6 Å². The van der Waals surface area contributed by atoms with Gasteiger partial charge in [0.1, 0.15) is 6.26 Å². The van der Waals surface area contributed by atoms with E-state index in [1.165, 1.54) is 6.26 Å². The summed E-state index contributed by atoms with van der Waals surface area (Å²) in [5, 5.41) is 10.9. The summed E-state index contributed by atoms with van der Waals surface area (Å²) in [5.74, 6) is -0.369. The predicted octanol–water partition coefficient (Wildman–Crippen LogP) is 2.15. The number of pyridine rings is 1. The third-order valence-corrected chi connectivity index (χ3v) is 3.86. The smallest absolute Gasteiger partial charge is 0.278 e. The van der Waals surface area contributed by atoms with Gasteiger partial charge in [0.15, 0.2) is 5.69 Å². The predicted molar refractivity (Wildman–Crippen MR) is 84.4 cm³/mol. The lowest BCUT2D eigenvalue weighted by Crippen LogP contribution is -2.13. The van der Waals surface area contributed by atoms with Crippen molar-refractivity contribution in [3.05, 3.63) is 48.7 Å². The summed E-state index contributed by atoms with van der Waals surface area (Å²) in [5.41, 5.74) is 1.96. The van der Waals surface area contributed by atoms with Crippen LogP contribution >= 0.6 is 0 Å². The molecule has 1 unspecified atom stereocenters. The van der Waals surface area contributed by atoms with Crippen LogP contribution < -0.4 is 5.32 Å². The van der Waals surface area contributed by atoms with Gasteiger partial charge in [0.2, 0.25) is 0 Å². The lowest BCUT2D eigenvalue weighted by Gasteiger charge is -2.06. The maximum absolute atomic E-state index is 12.5. The first-order chi connectivity index (χ1) is 11.8. The van der Waals surface area contributed by atoms with Crippen molar-refractivity contribution in [2.24, 2.45) is 0 Å². The second-order valence-corrected chi connectivity index (χ2v) is 5.47. The van der Waals surface area contributed by atoms with Crippen molar-refractivity contribution in [3.63, 3.8) is 0 Å². The Balaban J connectivity index is 1.52. The Bertz CT molecular complexity index is 836. The second kappa shape index (κ2) is 6.25. The molecule has 1 fully saturated rings. The molecule has 3 aromatic rings. The van der Waals surface area contributed by atoms with Gasteiger partial charge < -0.3 is 14.6 Å². The fourth-order valence-corrected chi connectivity index (χ4v) is 2.63. The highest BCUT2D eigenvalue weighted by atomic mass is 16.5. The standard InChI is InChI=1S/C16H15N5O3/c22-16(15-13(10-24-20-15)14-3-1-2-5-17-14)19-11-7-18-21(8-11)12-4-6-23-9-12/h1-3,5,7-8,10,12H,4,6,9H2,(H,19,22). The van der Waals surface area contributed by atoms with Crippen molar-refractivity contribution >= 4 is 11.6 Å². The van der Waals surface area contributed by atoms with Crippen molar-refractivity contribution in [1.82, 2.24) is 19.9 Å². The van der Waals surface area contributed by atoms with Gasteiger partial charge in [-0.3, -0.25) is 14.5 Å². The highest BCUT2D eigenvalue weighted by molar-refractivity contribution is 6.06. The molecule has 3 aromatic heterocycles. The molecule has 0 aromatic carbocycles. The van der Waals surface area contributed by atoms with Crippen LogP contribution in [0.15, 0.2) is 47.6 Å².